The summed E-state index contributed by atoms with van der Waals surface area (Å²) in [6.07, 6.45) is 3.49. The number of nitriles is 1. The summed E-state index contributed by atoms with van der Waals surface area (Å²) in [7, 11) is 1.54. The molecule has 1 heterocycles. The van der Waals surface area contributed by atoms with E-state index in [1.54, 1.807) is 30.5 Å². The molecule has 0 radical (unpaired) electrons. The molecule has 0 N–H and O–H groups in total. The summed E-state index contributed by atoms with van der Waals surface area (Å²) in [5.74, 6) is 0.497. The molecule has 21 heavy (non-hydrogen) atoms. The van der Waals surface area contributed by atoms with Gasteiger partial charge in [0.2, 0.25) is 0 Å². The molecule has 0 spiro atoms. The van der Waals surface area contributed by atoms with E-state index >= 15 is 0 Å². The molecule has 2 rings (SSSR count). The van der Waals surface area contributed by atoms with Gasteiger partial charge in [0.05, 0.1) is 24.3 Å². The van der Waals surface area contributed by atoms with Crippen LogP contribution in [0, 0.1) is 18.3 Å². The van der Waals surface area contributed by atoms with Crippen LogP contribution in [-0.4, -0.2) is 17.9 Å². The van der Waals surface area contributed by atoms with Crippen molar-refractivity contribution in [1.82, 2.24) is 4.98 Å². The van der Waals surface area contributed by atoms with Gasteiger partial charge in [-0.1, -0.05) is 0 Å². The van der Waals surface area contributed by atoms with E-state index in [2.05, 4.69) is 11.1 Å². The van der Waals surface area contributed by atoms with Crippen molar-refractivity contribution in [2.45, 2.75) is 13.8 Å². The fourth-order valence-electron chi connectivity index (χ4n) is 1.85. The van der Waals surface area contributed by atoms with Crippen molar-refractivity contribution in [3.63, 3.8) is 0 Å². The summed E-state index contributed by atoms with van der Waals surface area (Å²) in [4.78, 5) is 17.2. The van der Waals surface area contributed by atoms with E-state index in [1.807, 2.05) is 6.92 Å². The van der Waals surface area contributed by atoms with Gasteiger partial charge in [0, 0.05) is 16.6 Å². The summed E-state index contributed by atoms with van der Waals surface area (Å²) < 4.78 is 5.29. The van der Waals surface area contributed by atoms with Crippen LogP contribution in [0.3, 0.4) is 0 Å². The van der Waals surface area contributed by atoms with E-state index < -0.39 is 0 Å². The predicted molar refractivity (Wildman–Crippen MR) is 83.1 cm³/mol. The number of aromatic nitrogens is 1. The molecule has 4 nitrogen and oxygen atoms in total. The first-order chi connectivity index (χ1) is 10.0. The average Bonchev–Trinajstić information content (AvgIpc) is 2.90. The van der Waals surface area contributed by atoms with Gasteiger partial charge in [0.1, 0.15) is 10.8 Å². The monoisotopic (exact) mass is 298 g/mol. The van der Waals surface area contributed by atoms with Crippen molar-refractivity contribution in [1.29, 1.82) is 5.26 Å². The lowest BCUT2D eigenvalue weighted by Gasteiger charge is -2.06. The summed E-state index contributed by atoms with van der Waals surface area (Å²) in [5.41, 5.74) is 1.80. The zero-order valence-electron chi connectivity index (χ0n) is 12.0. The molecule has 0 unspecified atom stereocenters. The Balaban J connectivity index is 2.53. The highest BCUT2D eigenvalue weighted by Crippen LogP contribution is 2.28. The van der Waals surface area contributed by atoms with E-state index in [0.29, 0.717) is 21.9 Å². The van der Waals surface area contributed by atoms with Crippen molar-refractivity contribution in [2.75, 3.05) is 7.11 Å². The van der Waals surface area contributed by atoms with Crippen molar-refractivity contribution < 1.29 is 9.53 Å². The summed E-state index contributed by atoms with van der Waals surface area (Å²) in [6, 6.07) is 7.17. The lowest BCUT2D eigenvalue weighted by molar-refractivity contribution is -0.111. The Kier molecular flexibility index (Phi) is 4.51. The summed E-state index contributed by atoms with van der Waals surface area (Å²) >= 11 is 1.47. The number of ether oxygens (including phenoxy) is 1. The van der Waals surface area contributed by atoms with Crippen molar-refractivity contribution in [2.24, 2.45) is 0 Å². The molecule has 5 heteroatoms. The first-order valence-electron chi connectivity index (χ1n) is 6.28. The van der Waals surface area contributed by atoms with Gasteiger partial charge in [-0.15, -0.1) is 11.3 Å². The minimum absolute atomic E-state index is 0.0595. The van der Waals surface area contributed by atoms with Gasteiger partial charge in [-0.2, -0.15) is 5.26 Å². The highest BCUT2D eigenvalue weighted by molar-refractivity contribution is 7.13. The Hall–Kier alpha value is -2.45. The Labute approximate surface area is 127 Å². The van der Waals surface area contributed by atoms with Gasteiger partial charge < -0.3 is 4.74 Å². The van der Waals surface area contributed by atoms with Crippen LogP contribution in [0.2, 0.25) is 0 Å². The van der Waals surface area contributed by atoms with Gasteiger partial charge in [-0.3, -0.25) is 4.79 Å². The fraction of sp³-hybridized carbons (Fsp3) is 0.188. The van der Waals surface area contributed by atoms with E-state index in [0.717, 1.165) is 10.4 Å². The number of carbonyl (C=O) groups is 1. The second-order valence-corrected chi connectivity index (χ2v) is 5.69. The molecule has 0 amide bonds. The third-order valence-corrected chi connectivity index (χ3v) is 3.84. The Morgan fingerprint density at radius 2 is 2.24 bits per heavy atom. The maximum Gasteiger partial charge on any atom is 0.162 e. The lowest BCUT2D eigenvalue weighted by atomic mass is 10.1. The van der Waals surface area contributed by atoms with Crippen LogP contribution in [0.5, 0.6) is 5.75 Å². The van der Waals surface area contributed by atoms with Crippen LogP contribution in [0.15, 0.2) is 24.4 Å². The molecule has 0 aliphatic carbocycles. The Morgan fingerprint density at radius 3 is 2.76 bits per heavy atom. The molecule has 0 fully saturated rings. The van der Waals surface area contributed by atoms with Crippen LogP contribution in [0.25, 0.3) is 11.6 Å². The number of rotatable bonds is 4. The molecule has 0 aliphatic heterocycles. The average molecular weight is 298 g/mol. The number of ketones is 1. The number of aryl methyl sites for hydroxylation is 1. The topological polar surface area (TPSA) is 63.0 Å². The van der Waals surface area contributed by atoms with E-state index in [4.69, 9.17) is 10.00 Å². The standard InChI is InChI=1S/C16H14N2O2S/c1-10-9-18-16(21-10)14(11(2)19)7-13-5-4-12(8-17)6-15(13)20-3/h4-7,9H,1-3H3/b14-7+. The van der Waals surface area contributed by atoms with E-state index in [1.165, 1.54) is 25.4 Å². The van der Waals surface area contributed by atoms with Crippen molar-refractivity contribution in [3.05, 3.63) is 45.4 Å². The van der Waals surface area contributed by atoms with Gasteiger partial charge >= 0.3 is 0 Å². The van der Waals surface area contributed by atoms with Crippen LogP contribution in [0.1, 0.15) is 27.9 Å². The van der Waals surface area contributed by atoms with Gasteiger partial charge in [-0.05, 0) is 38.1 Å². The fourth-order valence-corrected chi connectivity index (χ4v) is 2.68. The molecule has 106 valence electrons. The second-order valence-electron chi connectivity index (χ2n) is 4.46. The minimum Gasteiger partial charge on any atom is -0.496 e. The number of allylic oxidation sites excluding steroid dienone is 1. The molecular weight excluding hydrogens is 284 g/mol. The zero-order valence-corrected chi connectivity index (χ0v) is 12.8. The molecule has 0 saturated carbocycles. The number of carbonyl (C=O) groups excluding carboxylic acids is 1. The van der Waals surface area contributed by atoms with Crippen molar-refractivity contribution >= 4 is 28.8 Å². The Morgan fingerprint density at radius 1 is 1.48 bits per heavy atom. The molecule has 0 atom stereocenters. The smallest absolute Gasteiger partial charge is 0.162 e. The quantitative estimate of drug-likeness (QED) is 0.811. The molecular formula is C16H14N2O2S. The third-order valence-electron chi connectivity index (χ3n) is 2.89. The highest BCUT2D eigenvalue weighted by Gasteiger charge is 2.13. The predicted octanol–water partition coefficient (Wildman–Crippen LogP) is 3.46. The van der Waals surface area contributed by atoms with Crippen LogP contribution in [0.4, 0.5) is 0 Å². The minimum atomic E-state index is -0.0595. The summed E-state index contributed by atoms with van der Waals surface area (Å²) in [5, 5.41) is 9.60. The number of hydrogen-bond acceptors (Lipinski definition) is 5. The second kappa shape index (κ2) is 6.33. The Bertz CT molecular complexity index is 754. The van der Waals surface area contributed by atoms with Crippen LogP contribution in [-0.2, 0) is 4.79 Å². The zero-order chi connectivity index (χ0) is 15.4. The third kappa shape index (κ3) is 3.36. The van der Waals surface area contributed by atoms with Gasteiger partial charge in [0.15, 0.2) is 5.78 Å². The van der Waals surface area contributed by atoms with E-state index in [9.17, 15) is 4.79 Å². The number of benzene rings is 1. The van der Waals surface area contributed by atoms with Crippen LogP contribution >= 0.6 is 11.3 Å². The SMILES string of the molecule is COc1cc(C#N)ccc1/C=C(\C(C)=O)c1ncc(C)s1. The molecule has 1 aromatic carbocycles. The first kappa shape index (κ1) is 14.9. The molecule has 1 aromatic heterocycles. The number of hydrogen-bond donors (Lipinski definition) is 0. The number of methoxy groups -OCH3 is 1. The van der Waals surface area contributed by atoms with E-state index in [-0.39, 0.29) is 5.78 Å². The maximum atomic E-state index is 11.9. The molecule has 2 aromatic rings. The molecule has 0 bridgehead atoms. The first-order valence-corrected chi connectivity index (χ1v) is 7.10. The number of Topliss-reactive ketones (excluding diaryl/α,β-unsaturated/α-hetero) is 1. The van der Waals surface area contributed by atoms with Crippen molar-refractivity contribution in [3.8, 4) is 11.8 Å². The van der Waals surface area contributed by atoms with Gasteiger partial charge in [0.25, 0.3) is 0 Å². The number of thiazole rings is 1. The summed E-state index contributed by atoms with van der Waals surface area (Å²) in [6.45, 7) is 3.46. The molecule has 0 saturated heterocycles. The lowest BCUT2D eigenvalue weighted by Crippen LogP contribution is -1.96. The highest BCUT2D eigenvalue weighted by atomic mass is 32.1. The largest absolute Gasteiger partial charge is 0.496 e. The van der Waals surface area contributed by atoms with Gasteiger partial charge in [-0.25, -0.2) is 4.98 Å². The normalized spacial score (nSPS) is 11.0. The van der Waals surface area contributed by atoms with Crippen LogP contribution < -0.4 is 4.74 Å². The number of nitrogens with zero attached hydrogens (tertiary/aromatic N) is 2. The maximum absolute atomic E-state index is 11.9. The molecule has 0 aliphatic rings.